The molecule has 0 heterocycles. The van der Waals surface area contributed by atoms with Crippen molar-refractivity contribution in [3.05, 3.63) is 9.81 Å². The van der Waals surface area contributed by atoms with Crippen molar-refractivity contribution in [2.24, 2.45) is 22.2 Å². The predicted octanol–water partition coefficient (Wildman–Crippen LogP) is 2.61. The molecule has 0 aliphatic heterocycles. The first-order valence-corrected chi connectivity index (χ1v) is 5.38. The van der Waals surface area contributed by atoms with Crippen molar-refractivity contribution in [1.29, 1.82) is 0 Å². The number of hydrogen-bond acceptors (Lipinski definition) is 4. The zero-order valence-corrected chi connectivity index (χ0v) is 8.11. The van der Waals surface area contributed by atoms with E-state index in [-0.39, 0.29) is 0 Å². The molecule has 0 N–H and O–H groups in total. The number of rotatable bonds is 2. The molecule has 4 rings (SSSR count). The Labute approximate surface area is 82.4 Å². The average molecular weight is 194 g/mol. The van der Waals surface area contributed by atoms with Crippen LogP contribution in [-0.4, -0.2) is 11.1 Å². The summed E-state index contributed by atoms with van der Waals surface area (Å²) in [6, 6.07) is 0. The van der Waals surface area contributed by atoms with Gasteiger partial charge in [-0.25, -0.2) is 0 Å². The summed E-state index contributed by atoms with van der Waals surface area (Å²) in [6.07, 6.45) is 5.44. The highest BCUT2D eigenvalue weighted by Crippen LogP contribution is 2.60. The zero-order valence-electron chi connectivity index (χ0n) is 8.11. The largest absolute Gasteiger partial charge is 0.150 e. The molecular weight excluding hydrogens is 180 g/mol. The molecule has 4 bridgehead atoms. The molecule has 4 aliphatic carbocycles. The van der Waals surface area contributed by atoms with Crippen LogP contribution in [0.2, 0.25) is 0 Å². The molecule has 0 amide bonds. The van der Waals surface area contributed by atoms with Crippen LogP contribution in [0.15, 0.2) is 10.4 Å². The van der Waals surface area contributed by atoms with Crippen LogP contribution in [-0.2, 0) is 0 Å². The SMILES string of the molecule is O=NC12CC3CC(C1)CC(N=O)(C3)C2. The standard InChI is InChI=1S/C10H14N2O2/c13-11-9-2-7-1-8(4-9)5-10(3-7,6-9)12-14/h7-8H,1-6H2. The third-order valence-electron chi connectivity index (χ3n) is 4.39. The Bertz CT molecular complexity index is 262. The first-order chi connectivity index (χ1) is 6.69. The molecule has 0 spiro atoms. The molecule has 0 saturated heterocycles. The van der Waals surface area contributed by atoms with E-state index in [2.05, 4.69) is 10.4 Å². The molecule has 0 unspecified atom stereocenters. The quantitative estimate of drug-likeness (QED) is 0.634. The van der Waals surface area contributed by atoms with Crippen LogP contribution in [0.3, 0.4) is 0 Å². The molecule has 4 saturated carbocycles. The fourth-order valence-corrected chi connectivity index (χ4v) is 4.38. The van der Waals surface area contributed by atoms with Gasteiger partial charge in [0, 0.05) is 6.42 Å². The highest BCUT2D eigenvalue weighted by atomic mass is 16.3. The molecule has 14 heavy (non-hydrogen) atoms. The van der Waals surface area contributed by atoms with Gasteiger partial charge < -0.3 is 0 Å². The summed E-state index contributed by atoms with van der Waals surface area (Å²) in [7, 11) is 0. The smallest absolute Gasteiger partial charge is 0.106 e. The molecular formula is C10H14N2O2. The lowest BCUT2D eigenvalue weighted by Gasteiger charge is -2.56. The fourth-order valence-electron chi connectivity index (χ4n) is 4.38. The van der Waals surface area contributed by atoms with Gasteiger partial charge in [-0.05, 0) is 43.9 Å². The summed E-state index contributed by atoms with van der Waals surface area (Å²) in [6.45, 7) is 0. The minimum Gasteiger partial charge on any atom is -0.150 e. The first kappa shape index (κ1) is 8.50. The fraction of sp³-hybridized carbons (Fsp3) is 1.00. The number of nitroso groups, excluding NO2 is 2. The average Bonchev–Trinajstić information content (AvgIpc) is 2.16. The van der Waals surface area contributed by atoms with Crippen LogP contribution < -0.4 is 0 Å². The van der Waals surface area contributed by atoms with Crippen LogP contribution in [0.25, 0.3) is 0 Å². The van der Waals surface area contributed by atoms with E-state index >= 15 is 0 Å². The third-order valence-corrected chi connectivity index (χ3v) is 4.39. The van der Waals surface area contributed by atoms with E-state index in [1.165, 1.54) is 6.42 Å². The lowest BCUT2D eigenvalue weighted by atomic mass is 9.50. The van der Waals surface area contributed by atoms with Gasteiger partial charge in [0.05, 0.1) is 0 Å². The molecule has 0 aromatic heterocycles. The summed E-state index contributed by atoms with van der Waals surface area (Å²) in [5.41, 5.74) is -0.837. The van der Waals surface area contributed by atoms with Crippen molar-refractivity contribution in [3.63, 3.8) is 0 Å². The second-order valence-electron chi connectivity index (χ2n) is 5.59. The highest BCUT2D eigenvalue weighted by Gasteiger charge is 2.60. The molecule has 0 radical (unpaired) electrons. The van der Waals surface area contributed by atoms with Gasteiger partial charge in [0.25, 0.3) is 0 Å². The van der Waals surface area contributed by atoms with Crippen molar-refractivity contribution < 1.29 is 0 Å². The maximum absolute atomic E-state index is 10.9. The second kappa shape index (κ2) is 2.41. The van der Waals surface area contributed by atoms with Crippen molar-refractivity contribution in [2.45, 2.75) is 49.6 Å². The lowest BCUT2D eigenvalue weighted by molar-refractivity contribution is -0.0164. The third kappa shape index (κ3) is 0.940. The van der Waals surface area contributed by atoms with Crippen molar-refractivity contribution in [1.82, 2.24) is 0 Å². The van der Waals surface area contributed by atoms with Gasteiger partial charge in [-0.1, -0.05) is 10.4 Å². The minimum absolute atomic E-state index is 0.419. The highest BCUT2D eigenvalue weighted by molar-refractivity contribution is 5.15. The Hall–Kier alpha value is -0.800. The van der Waals surface area contributed by atoms with Gasteiger partial charge in [0.2, 0.25) is 0 Å². The van der Waals surface area contributed by atoms with Gasteiger partial charge in [-0.15, -0.1) is 0 Å². The molecule has 4 fully saturated rings. The van der Waals surface area contributed by atoms with E-state index in [0.29, 0.717) is 18.3 Å². The van der Waals surface area contributed by atoms with E-state index in [1.54, 1.807) is 0 Å². The van der Waals surface area contributed by atoms with Crippen LogP contribution in [0, 0.1) is 21.6 Å². The summed E-state index contributed by atoms with van der Waals surface area (Å²) in [5.74, 6) is 1.07. The van der Waals surface area contributed by atoms with E-state index in [4.69, 9.17) is 0 Å². The van der Waals surface area contributed by atoms with E-state index in [9.17, 15) is 9.81 Å². The molecule has 4 aliphatic rings. The molecule has 0 aromatic carbocycles. The second-order valence-corrected chi connectivity index (χ2v) is 5.59. The maximum atomic E-state index is 10.9. The minimum atomic E-state index is -0.419. The summed E-state index contributed by atoms with van der Waals surface area (Å²) >= 11 is 0. The zero-order chi connectivity index (χ0) is 9.81. The van der Waals surface area contributed by atoms with Crippen LogP contribution in [0.5, 0.6) is 0 Å². The Morgan fingerprint density at radius 1 is 0.857 bits per heavy atom. The van der Waals surface area contributed by atoms with E-state index in [1.807, 2.05) is 0 Å². The first-order valence-electron chi connectivity index (χ1n) is 5.38. The molecule has 4 heteroatoms. The topological polar surface area (TPSA) is 58.9 Å². The summed E-state index contributed by atoms with van der Waals surface area (Å²) in [4.78, 5) is 21.8. The van der Waals surface area contributed by atoms with Crippen LogP contribution >= 0.6 is 0 Å². The van der Waals surface area contributed by atoms with E-state index in [0.717, 1.165) is 25.7 Å². The van der Waals surface area contributed by atoms with Gasteiger partial charge in [-0.2, -0.15) is 9.81 Å². The monoisotopic (exact) mass is 194 g/mol. The van der Waals surface area contributed by atoms with Gasteiger partial charge in [0.1, 0.15) is 11.1 Å². The molecule has 4 nitrogen and oxygen atoms in total. The van der Waals surface area contributed by atoms with Gasteiger partial charge in [0.15, 0.2) is 0 Å². The van der Waals surface area contributed by atoms with Gasteiger partial charge >= 0.3 is 0 Å². The van der Waals surface area contributed by atoms with Crippen molar-refractivity contribution in [3.8, 4) is 0 Å². The summed E-state index contributed by atoms with van der Waals surface area (Å²) in [5, 5.41) is 6.65. The van der Waals surface area contributed by atoms with E-state index < -0.39 is 11.1 Å². The number of nitrogens with zero attached hydrogens (tertiary/aromatic N) is 2. The van der Waals surface area contributed by atoms with Gasteiger partial charge in [-0.3, -0.25) is 0 Å². The Morgan fingerprint density at radius 3 is 1.64 bits per heavy atom. The Morgan fingerprint density at radius 2 is 1.29 bits per heavy atom. The molecule has 0 aromatic rings. The predicted molar refractivity (Wildman–Crippen MR) is 51.7 cm³/mol. The van der Waals surface area contributed by atoms with Crippen LogP contribution in [0.4, 0.5) is 0 Å². The molecule has 76 valence electrons. The van der Waals surface area contributed by atoms with Crippen molar-refractivity contribution >= 4 is 0 Å². The maximum Gasteiger partial charge on any atom is 0.106 e. The Balaban J connectivity index is 2.01. The van der Waals surface area contributed by atoms with Crippen molar-refractivity contribution in [2.75, 3.05) is 0 Å². The normalized spacial score (nSPS) is 54.6. The molecule has 0 atom stereocenters. The lowest BCUT2D eigenvalue weighted by Crippen LogP contribution is -2.57. The Kier molecular flexibility index (Phi) is 1.46. The summed E-state index contributed by atoms with van der Waals surface area (Å²) < 4.78 is 0. The number of hydrogen-bond donors (Lipinski definition) is 0. The van der Waals surface area contributed by atoms with Crippen LogP contribution in [0.1, 0.15) is 38.5 Å².